The second-order valence-electron chi connectivity index (χ2n) is 4.99. The summed E-state index contributed by atoms with van der Waals surface area (Å²) < 4.78 is 5.63. The summed E-state index contributed by atoms with van der Waals surface area (Å²) in [6.45, 7) is 5.49. The third kappa shape index (κ3) is 4.26. The van der Waals surface area contributed by atoms with Crippen LogP contribution < -0.4 is 15.6 Å². The number of rotatable bonds is 4. The van der Waals surface area contributed by atoms with E-state index in [0.717, 1.165) is 11.1 Å². The van der Waals surface area contributed by atoms with E-state index in [0.29, 0.717) is 5.75 Å². The van der Waals surface area contributed by atoms with E-state index in [9.17, 15) is 9.59 Å². The average Bonchev–Trinajstić information content (AvgIpc) is 2.57. The van der Waals surface area contributed by atoms with Crippen LogP contribution in [0.3, 0.4) is 0 Å². The van der Waals surface area contributed by atoms with E-state index in [-0.39, 0.29) is 5.69 Å². The Morgan fingerprint density at radius 1 is 1.17 bits per heavy atom. The molecule has 2 rings (SSSR count). The maximum Gasteiger partial charge on any atom is 0.289 e. The summed E-state index contributed by atoms with van der Waals surface area (Å²) >= 11 is 0. The minimum absolute atomic E-state index is 0.107. The largest absolute Gasteiger partial charge is 0.481 e. The topological polar surface area (TPSA) is 93.2 Å². The fourth-order valence-corrected chi connectivity index (χ4v) is 1.80. The van der Waals surface area contributed by atoms with Gasteiger partial charge in [0.05, 0.1) is 6.20 Å². The summed E-state index contributed by atoms with van der Waals surface area (Å²) in [6, 6.07) is 5.62. The van der Waals surface area contributed by atoms with Crippen molar-refractivity contribution in [2.45, 2.75) is 26.9 Å². The SMILES string of the molecule is Cc1cccc(OC(C)C(=O)NNC(=O)c2cnccn2)c1C. The smallest absolute Gasteiger partial charge is 0.289 e. The summed E-state index contributed by atoms with van der Waals surface area (Å²) in [6.07, 6.45) is 3.38. The van der Waals surface area contributed by atoms with Crippen molar-refractivity contribution >= 4 is 11.8 Å². The first-order valence-electron chi connectivity index (χ1n) is 7.08. The van der Waals surface area contributed by atoms with Gasteiger partial charge in [0, 0.05) is 12.4 Å². The lowest BCUT2D eigenvalue weighted by atomic mass is 10.1. The van der Waals surface area contributed by atoms with Crippen molar-refractivity contribution in [1.82, 2.24) is 20.8 Å². The predicted molar refractivity (Wildman–Crippen MR) is 83.6 cm³/mol. The fraction of sp³-hybridized carbons (Fsp3) is 0.250. The zero-order valence-electron chi connectivity index (χ0n) is 13.2. The lowest BCUT2D eigenvalue weighted by Crippen LogP contribution is -2.47. The highest BCUT2D eigenvalue weighted by Gasteiger charge is 2.17. The summed E-state index contributed by atoms with van der Waals surface area (Å²) in [7, 11) is 0. The van der Waals surface area contributed by atoms with Gasteiger partial charge in [0.15, 0.2) is 6.10 Å². The molecule has 1 aromatic heterocycles. The molecule has 120 valence electrons. The number of aromatic nitrogens is 2. The van der Waals surface area contributed by atoms with Crippen molar-refractivity contribution in [3.63, 3.8) is 0 Å². The van der Waals surface area contributed by atoms with Crippen molar-refractivity contribution in [3.05, 3.63) is 53.6 Å². The highest BCUT2D eigenvalue weighted by molar-refractivity contribution is 5.93. The monoisotopic (exact) mass is 314 g/mol. The van der Waals surface area contributed by atoms with Gasteiger partial charge in [0.25, 0.3) is 11.8 Å². The molecular weight excluding hydrogens is 296 g/mol. The maximum absolute atomic E-state index is 12.0. The van der Waals surface area contributed by atoms with Crippen molar-refractivity contribution in [1.29, 1.82) is 0 Å². The van der Waals surface area contributed by atoms with Gasteiger partial charge < -0.3 is 4.74 Å². The molecule has 0 aliphatic heterocycles. The molecule has 2 aromatic rings. The molecular formula is C16H18N4O3. The van der Waals surface area contributed by atoms with Crippen molar-refractivity contribution < 1.29 is 14.3 Å². The van der Waals surface area contributed by atoms with E-state index >= 15 is 0 Å². The quantitative estimate of drug-likeness (QED) is 0.830. The van der Waals surface area contributed by atoms with Crippen LogP contribution in [0.1, 0.15) is 28.5 Å². The molecule has 1 aromatic carbocycles. The molecule has 0 aliphatic rings. The third-order valence-electron chi connectivity index (χ3n) is 3.32. The molecule has 7 heteroatoms. The normalized spacial score (nSPS) is 11.4. The van der Waals surface area contributed by atoms with Crippen LogP contribution in [0.15, 0.2) is 36.8 Å². The highest BCUT2D eigenvalue weighted by Crippen LogP contribution is 2.21. The first-order valence-corrected chi connectivity index (χ1v) is 7.08. The van der Waals surface area contributed by atoms with Gasteiger partial charge in [-0.3, -0.25) is 25.4 Å². The summed E-state index contributed by atoms with van der Waals surface area (Å²) in [5, 5.41) is 0. The van der Waals surface area contributed by atoms with Crippen LogP contribution >= 0.6 is 0 Å². The number of carbonyl (C=O) groups excluding carboxylic acids is 2. The van der Waals surface area contributed by atoms with Crippen molar-refractivity contribution in [2.24, 2.45) is 0 Å². The molecule has 7 nitrogen and oxygen atoms in total. The van der Waals surface area contributed by atoms with Gasteiger partial charge in [0.2, 0.25) is 0 Å². The van der Waals surface area contributed by atoms with Gasteiger partial charge >= 0.3 is 0 Å². The molecule has 0 spiro atoms. The Kier molecular flexibility index (Phi) is 5.24. The number of amides is 2. The van der Waals surface area contributed by atoms with E-state index in [1.54, 1.807) is 13.0 Å². The zero-order valence-corrected chi connectivity index (χ0v) is 13.2. The van der Waals surface area contributed by atoms with Crippen LogP contribution in [0.4, 0.5) is 0 Å². The Bertz CT molecular complexity index is 704. The number of ether oxygens (including phenoxy) is 1. The zero-order chi connectivity index (χ0) is 16.8. The average molecular weight is 314 g/mol. The maximum atomic E-state index is 12.0. The number of benzene rings is 1. The molecule has 0 bridgehead atoms. The number of hydrogen-bond donors (Lipinski definition) is 2. The first kappa shape index (κ1) is 16.4. The number of hydrazine groups is 1. The lowest BCUT2D eigenvalue weighted by Gasteiger charge is -2.17. The number of nitrogens with zero attached hydrogens (tertiary/aromatic N) is 2. The molecule has 2 N–H and O–H groups in total. The Morgan fingerprint density at radius 3 is 2.65 bits per heavy atom. The molecule has 1 atom stereocenters. The van der Waals surface area contributed by atoms with E-state index < -0.39 is 17.9 Å². The Labute approximate surface area is 134 Å². The standard InChI is InChI=1S/C16H18N4O3/c1-10-5-4-6-14(11(10)2)23-12(3)15(21)19-20-16(22)13-9-17-7-8-18-13/h4-9,12H,1-3H3,(H,19,21)(H,20,22). The minimum Gasteiger partial charge on any atom is -0.481 e. The molecule has 1 heterocycles. The van der Waals surface area contributed by atoms with Gasteiger partial charge in [-0.1, -0.05) is 12.1 Å². The van der Waals surface area contributed by atoms with Gasteiger partial charge in [-0.25, -0.2) is 4.98 Å². The third-order valence-corrected chi connectivity index (χ3v) is 3.32. The summed E-state index contributed by atoms with van der Waals surface area (Å²) in [5.41, 5.74) is 6.72. The van der Waals surface area contributed by atoms with Crippen LogP contribution in [-0.2, 0) is 4.79 Å². The van der Waals surface area contributed by atoms with Crippen LogP contribution in [-0.4, -0.2) is 27.9 Å². The summed E-state index contributed by atoms with van der Waals surface area (Å²) in [5.74, 6) is -0.388. The van der Waals surface area contributed by atoms with E-state index in [2.05, 4.69) is 20.8 Å². The van der Waals surface area contributed by atoms with Crippen LogP contribution in [0.2, 0.25) is 0 Å². The van der Waals surface area contributed by atoms with Crippen LogP contribution in [0.25, 0.3) is 0 Å². The van der Waals surface area contributed by atoms with Gasteiger partial charge in [-0.15, -0.1) is 0 Å². The van der Waals surface area contributed by atoms with Crippen LogP contribution in [0, 0.1) is 13.8 Å². The number of carbonyl (C=O) groups is 2. The molecule has 0 saturated carbocycles. The van der Waals surface area contributed by atoms with Gasteiger partial charge in [0.1, 0.15) is 11.4 Å². The number of nitrogens with one attached hydrogen (secondary N) is 2. The highest BCUT2D eigenvalue weighted by atomic mass is 16.5. The fourth-order valence-electron chi connectivity index (χ4n) is 1.80. The second-order valence-corrected chi connectivity index (χ2v) is 4.99. The van der Waals surface area contributed by atoms with Gasteiger partial charge in [-0.2, -0.15) is 0 Å². The molecule has 1 unspecified atom stereocenters. The Hall–Kier alpha value is -2.96. The molecule has 0 radical (unpaired) electrons. The molecule has 0 aliphatic carbocycles. The van der Waals surface area contributed by atoms with E-state index in [4.69, 9.17) is 4.74 Å². The summed E-state index contributed by atoms with van der Waals surface area (Å²) in [4.78, 5) is 31.4. The molecule has 0 saturated heterocycles. The molecule has 2 amide bonds. The van der Waals surface area contributed by atoms with Gasteiger partial charge in [-0.05, 0) is 38.0 Å². The first-order chi connectivity index (χ1) is 11.0. The van der Waals surface area contributed by atoms with Crippen molar-refractivity contribution in [3.8, 4) is 5.75 Å². The van der Waals surface area contributed by atoms with E-state index in [1.807, 2.05) is 26.0 Å². The lowest BCUT2D eigenvalue weighted by molar-refractivity contribution is -0.128. The molecule has 23 heavy (non-hydrogen) atoms. The van der Waals surface area contributed by atoms with Crippen LogP contribution in [0.5, 0.6) is 5.75 Å². The minimum atomic E-state index is -0.766. The number of aryl methyl sites for hydroxylation is 1. The molecule has 0 fully saturated rings. The van der Waals surface area contributed by atoms with Crippen molar-refractivity contribution in [2.75, 3.05) is 0 Å². The number of hydrogen-bond acceptors (Lipinski definition) is 5. The second kappa shape index (κ2) is 7.35. The Balaban J connectivity index is 1.90. The predicted octanol–water partition coefficient (Wildman–Crippen LogP) is 1.32. The van der Waals surface area contributed by atoms with E-state index in [1.165, 1.54) is 18.6 Å². The Morgan fingerprint density at radius 2 is 1.96 bits per heavy atom.